The van der Waals surface area contributed by atoms with Crippen molar-refractivity contribution < 1.29 is 14.6 Å². The maximum absolute atomic E-state index is 10.3. The van der Waals surface area contributed by atoms with Crippen LogP contribution in [0.2, 0.25) is 0 Å². The number of ether oxygens (including phenoxy) is 1. The van der Waals surface area contributed by atoms with Crippen molar-refractivity contribution in [3.63, 3.8) is 0 Å². The first-order valence-electron chi connectivity index (χ1n) is 6.42. The van der Waals surface area contributed by atoms with Gasteiger partial charge in [0.25, 0.3) is 0 Å². The second-order valence-electron chi connectivity index (χ2n) is 4.28. The van der Waals surface area contributed by atoms with E-state index in [-0.39, 0.29) is 0 Å². The van der Waals surface area contributed by atoms with E-state index in [0.29, 0.717) is 36.8 Å². The predicted octanol–water partition coefficient (Wildman–Crippen LogP) is 1.54. The molecular weight excluding hydrogens is 272 g/mol. The third-order valence-corrected chi connectivity index (χ3v) is 2.74. The number of carboxylic acid groups (broad SMARTS) is 1. The number of amides is 1. The Hall–Kier alpha value is -2.67. The summed E-state index contributed by atoms with van der Waals surface area (Å²) in [6, 6.07) is 9.05. The molecule has 0 aliphatic rings. The van der Waals surface area contributed by atoms with Gasteiger partial charge < -0.3 is 20.9 Å². The number of hydrogen-bond donors (Lipinski definition) is 3. The molecule has 2 rings (SSSR count). The topological polar surface area (TPSA) is 110 Å². The maximum atomic E-state index is 10.3. The molecule has 0 unspecified atom stereocenters. The summed E-state index contributed by atoms with van der Waals surface area (Å²) in [5, 5.41) is 10.8. The first-order valence-corrected chi connectivity index (χ1v) is 6.42. The Morgan fingerprint density at radius 1 is 1.29 bits per heavy atom. The van der Waals surface area contributed by atoms with Gasteiger partial charge in [-0.3, -0.25) is 0 Å². The minimum atomic E-state index is -1.02. The zero-order chi connectivity index (χ0) is 15.1. The van der Waals surface area contributed by atoms with Crippen LogP contribution in [-0.4, -0.2) is 27.7 Å². The fraction of sp³-hybridized carbons (Fsp3) is 0.214. The van der Waals surface area contributed by atoms with Crippen molar-refractivity contribution in [2.75, 3.05) is 6.54 Å². The number of carbonyl (C=O) groups is 1. The van der Waals surface area contributed by atoms with E-state index in [0.717, 1.165) is 5.56 Å². The number of aromatic nitrogens is 2. The van der Waals surface area contributed by atoms with Gasteiger partial charge in [-0.15, -0.1) is 0 Å². The van der Waals surface area contributed by atoms with E-state index in [4.69, 9.17) is 15.6 Å². The standard InChI is InChI=1S/C14H16N4O3/c15-8-11-7-13(18-9-17-11)21-12-3-1-10(2-4-12)5-6-16-14(19)20/h1-4,7,9,16H,5-6,8,15H2,(H,19,20). The average Bonchev–Trinajstić information content (AvgIpc) is 2.49. The Morgan fingerprint density at radius 2 is 2.05 bits per heavy atom. The lowest BCUT2D eigenvalue weighted by atomic mass is 10.1. The van der Waals surface area contributed by atoms with Crippen LogP contribution in [0.1, 0.15) is 11.3 Å². The van der Waals surface area contributed by atoms with E-state index in [1.807, 2.05) is 12.1 Å². The zero-order valence-corrected chi connectivity index (χ0v) is 11.3. The molecule has 1 aromatic carbocycles. The van der Waals surface area contributed by atoms with Crippen molar-refractivity contribution in [2.24, 2.45) is 5.73 Å². The molecule has 1 heterocycles. The summed E-state index contributed by atoms with van der Waals surface area (Å²) in [5.74, 6) is 1.08. The molecular formula is C14H16N4O3. The van der Waals surface area contributed by atoms with Gasteiger partial charge in [0, 0.05) is 19.2 Å². The molecule has 7 heteroatoms. The summed E-state index contributed by atoms with van der Waals surface area (Å²) in [6.07, 6.45) is 1.01. The number of nitrogens with two attached hydrogens (primary N) is 1. The Labute approximate surface area is 121 Å². The van der Waals surface area contributed by atoms with Gasteiger partial charge in [0.2, 0.25) is 5.88 Å². The summed E-state index contributed by atoms with van der Waals surface area (Å²) in [6.45, 7) is 0.704. The summed E-state index contributed by atoms with van der Waals surface area (Å²) in [7, 11) is 0. The minimum Gasteiger partial charge on any atom is -0.465 e. The second-order valence-corrected chi connectivity index (χ2v) is 4.28. The Balaban J connectivity index is 1.93. The number of rotatable bonds is 6. The molecule has 21 heavy (non-hydrogen) atoms. The van der Waals surface area contributed by atoms with E-state index in [1.54, 1.807) is 18.2 Å². The van der Waals surface area contributed by atoms with Crippen molar-refractivity contribution in [3.05, 3.63) is 47.9 Å². The fourth-order valence-corrected chi connectivity index (χ4v) is 1.70. The number of nitrogens with zero attached hydrogens (tertiary/aromatic N) is 2. The van der Waals surface area contributed by atoms with Gasteiger partial charge in [-0.25, -0.2) is 14.8 Å². The molecule has 0 saturated heterocycles. The van der Waals surface area contributed by atoms with E-state index < -0.39 is 6.09 Å². The highest BCUT2D eigenvalue weighted by Crippen LogP contribution is 2.19. The molecule has 0 aliphatic carbocycles. The Bertz CT molecular complexity index is 601. The normalized spacial score (nSPS) is 10.1. The van der Waals surface area contributed by atoms with Crippen LogP contribution < -0.4 is 15.8 Å². The van der Waals surface area contributed by atoms with Gasteiger partial charge in [0.05, 0.1) is 5.69 Å². The molecule has 110 valence electrons. The van der Waals surface area contributed by atoms with Crippen molar-refractivity contribution in [1.29, 1.82) is 0 Å². The van der Waals surface area contributed by atoms with Crippen LogP contribution in [0, 0.1) is 0 Å². The number of benzene rings is 1. The molecule has 0 radical (unpaired) electrons. The lowest BCUT2D eigenvalue weighted by Gasteiger charge is -2.07. The van der Waals surface area contributed by atoms with E-state index in [2.05, 4.69) is 15.3 Å². The van der Waals surface area contributed by atoms with Crippen LogP contribution in [0.25, 0.3) is 0 Å². The van der Waals surface area contributed by atoms with Gasteiger partial charge >= 0.3 is 6.09 Å². The summed E-state index contributed by atoms with van der Waals surface area (Å²) in [4.78, 5) is 18.3. The molecule has 1 amide bonds. The molecule has 7 nitrogen and oxygen atoms in total. The predicted molar refractivity (Wildman–Crippen MR) is 76.2 cm³/mol. The Morgan fingerprint density at radius 3 is 2.71 bits per heavy atom. The van der Waals surface area contributed by atoms with Crippen LogP contribution in [0.5, 0.6) is 11.6 Å². The highest BCUT2D eigenvalue weighted by molar-refractivity contribution is 5.64. The van der Waals surface area contributed by atoms with Crippen LogP contribution in [0.3, 0.4) is 0 Å². The summed E-state index contributed by atoms with van der Waals surface area (Å²) >= 11 is 0. The monoisotopic (exact) mass is 288 g/mol. The van der Waals surface area contributed by atoms with Crippen LogP contribution in [0.15, 0.2) is 36.7 Å². The average molecular weight is 288 g/mol. The third-order valence-electron chi connectivity index (χ3n) is 2.74. The molecule has 0 atom stereocenters. The highest BCUT2D eigenvalue weighted by Gasteiger charge is 2.02. The van der Waals surface area contributed by atoms with Crippen molar-refractivity contribution in [3.8, 4) is 11.6 Å². The lowest BCUT2D eigenvalue weighted by Crippen LogP contribution is -2.23. The molecule has 0 aliphatic heterocycles. The first-order chi connectivity index (χ1) is 10.2. The molecule has 0 saturated carbocycles. The molecule has 0 spiro atoms. The van der Waals surface area contributed by atoms with Crippen LogP contribution in [0.4, 0.5) is 4.79 Å². The SMILES string of the molecule is NCc1cc(Oc2ccc(CCNC(=O)O)cc2)ncn1. The molecule has 0 fully saturated rings. The summed E-state index contributed by atoms with van der Waals surface area (Å²) < 4.78 is 5.60. The molecule has 0 bridgehead atoms. The largest absolute Gasteiger partial charge is 0.465 e. The molecule has 4 N–H and O–H groups in total. The number of nitrogens with one attached hydrogen (secondary N) is 1. The van der Waals surface area contributed by atoms with Crippen molar-refractivity contribution in [1.82, 2.24) is 15.3 Å². The number of hydrogen-bond acceptors (Lipinski definition) is 5. The Kier molecular flexibility index (Phi) is 5.05. The van der Waals surface area contributed by atoms with Crippen molar-refractivity contribution in [2.45, 2.75) is 13.0 Å². The highest BCUT2D eigenvalue weighted by atomic mass is 16.5. The van der Waals surface area contributed by atoms with Crippen LogP contribution in [-0.2, 0) is 13.0 Å². The van der Waals surface area contributed by atoms with Gasteiger partial charge in [0.1, 0.15) is 12.1 Å². The van der Waals surface area contributed by atoms with Gasteiger partial charge in [-0.1, -0.05) is 12.1 Å². The van der Waals surface area contributed by atoms with E-state index >= 15 is 0 Å². The maximum Gasteiger partial charge on any atom is 0.404 e. The quantitative estimate of drug-likeness (QED) is 0.743. The molecule has 1 aromatic heterocycles. The van der Waals surface area contributed by atoms with E-state index in [1.165, 1.54) is 6.33 Å². The molecule has 2 aromatic rings. The fourth-order valence-electron chi connectivity index (χ4n) is 1.70. The first kappa shape index (κ1) is 14.7. The second kappa shape index (κ2) is 7.20. The minimum absolute atomic E-state index is 0.328. The van der Waals surface area contributed by atoms with Gasteiger partial charge in [-0.05, 0) is 24.1 Å². The zero-order valence-electron chi connectivity index (χ0n) is 11.3. The lowest BCUT2D eigenvalue weighted by molar-refractivity contribution is 0.194. The smallest absolute Gasteiger partial charge is 0.404 e. The van der Waals surface area contributed by atoms with Gasteiger partial charge in [-0.2, -0.15) is 0 Å². The van der Waals surface area contributed by atoms with Crippen molar-refractivity contribution >= 4 is 6.09 Å². The third kappa shape index (κ3) is 4.73. The van der Waals surface area contributed by atoms with E-state index in [9.17, 15) is 4.79 Å². The summed E-state index contributed by atoms with van der Waals surface area (Å²) in [5.41, 5.74) is 7.23. The van der Waals surface area contributed by atoms with Gasteiger partial charge in [0.15, 0.2) is 0 Å². The van der Waals surface area contributed by atoms with Crippen LogP contribution >= 0.6 is 0 Å².